The summed E-state index contributed by atoms with van der Waals surface area (Å²) in [5.41, 5.74) is 7.38. The maximum Gasteiger partial charge on any atom is 0.220 e. The van der Waals surface area contributed by atoms with Crippen molar-refractivity contribution < 1.29 is 9.18 Å². The fourth-order valence-electron chi connectivity index (χ4n) is 3.91. The van der Waals surface area contributed by atoms with E-state index in [1.165, 1.54) is 6.07 Å². The first-order valence-corrected chi connectivity index (χ1v) is 9.05. The lowest BCUT2D eigenvalue weighted by molar-refractivity contribution is -0.123. The number of carbonyl (C=O) groups excluding carboxylic acids is 1. The van der Waals surface area contributed by atoms with Gasteiger partial charge in [0.05, 0.1) is 5.69 Å². The standard InChI is InChI=1S/C19H28FN3O/c1-13-2-3-17(20)18(8-13)23-6-4-16(5-7-23)22-19(24)11-14-9-15(10-14)12-21/h2-3,8,14-16H,4-7,9-12,21H2,1H3,(H,22,24). The first-order chi connectivity index (χ1) is 11.5. The molecule has 1 saturated heterocycles. The third-order valence-corrected chi connectivity index (χ3v) is 5.44. The minimum Gasteiger partial charge on any atom is -0.369 e. The molecule has 132 valence electrons. The van der Waals surface area contributed by atoms with Crippen LogP contribution in [0.1, 0.15) is 37.7 Å². The molecule has 3 N–H and O–H groups in total. The molecule has 0 radical (unpaired) electrons. The number of rotatable bonds is 5. The molecule has 0 bridgehead atoms. The number of aryl methyl sites for hydroxylation is 1. The van der Waals surface area contributed by atoms with E-state index in [9.17, 15) is 9.18 Å². The van der Waals surface area contributed by atoms with E-state index in [0.717, 1.165) is 50.9 Å². The molecule has 24 heavy (non-hydrogen) atoms. The number of amides is 1. The van der Waals surface area contributed by atoms with Crippen molar-refractivity contribution >= 4 is 11.6 Å². The number of benzene rings is 1. The molecular formula is C19H28FN3O. The molecule has 0 spiro atoms. The Balaban J connectivity index is 1.43. The van der Waals surface area contributed by atoms with Crippen LogP contribution in [0.5, 0.6) is 0 Å². The lowest BCUT2D eigenvalue weighted by Crippen LogP contribution is -2.45. The van der Waals surface area contributed by atoms with Gasteiger partial charge in [-0.15, -0.1) is 0 Å². The molecule has 1 aliphatic heterocycles. The van der Waals surface area contributed by atoms with Gasteiger partial charge in [-0.05, 0) is 68.7 Å². The van der Waals surface area contributed by atoms with Crippen molar-refractivity contribution in [2.45, 2.75) is 45.1 Å². The largest absolute Gasteiger partial charge is 0.369 e. The van der Waals surface area contributed by atoms with Gasteiger partial charge in [0.1, 0.15) is 5.82 Å². The molecule has 4 nitrogen and oxygen atoms in total. The Morgan fingerprint density at radius 2 is 2.00 bits per heavy atom. The van der Waals surface area contributed by atoms with E-state index in [0.29, 0.717) is 23.9 Å². The van der Waals surface area contributed by atoms with E-state index in [-0.39, 0.29) is 17.8 Å². The van der Waals surface area contributed by atoms with Gasteiger partial charge in [-0.2, -0.15) is 0 Å². The van der Waals surface area contributed by atoms with Crippen LogP contribution in [0.3, 0.4) is 0 Å². The van der Waals surface area contributed by atoms with Gasteiger partial charge in [0, 0.05) is 25.6 Å². The highest BCUT2D eigenvalue weighted by molar-refractivity contribution is 5.76. The van der Waals surface area contributed by atoms with E-state index < -0.39 is 0 Å². The van der Waals surface area contributed by atoms with Crippen molar-refractivity contribution in [2.24, 2.45) is 17.6 Å². The Kier molecular flexibility index (Phi) is 5.39. The Labute approximate surface area is 143 Å². The predicted molar refractivity (Wildman–Crippen MR) is 94.4 cm³/mol. The minimum atomic E-state index is -0.164. The van der Waals surface area contributed by atoms with Gasteiger partial charge in [0.2, 0.25) is 5.91 Å². The third-order valence-electron chi connectivity index (χ3n) is 5.44. The molecule has 1 aromatic rings. The number of hydrogen-bond donors (Lipinski definition) is 2. The molecule has 5 heteroatoms. The summed E-state index contributed by atoms with van der Waals surface area (Å²) in [7, 11) is 0. The van der Waals surface area contributed by atoms with E-state index in [2.05, 4.69) is 10.2 Å². The van der Waals surface area contributed by atoms with Gasteiger partial charge in [-0.25, -0.2) is 4.39 Å². The molecule has 1 aliphatic carbocycles. The number of carbonyl (C=O) groups is 1. The second-order valence-corrected chi connectivity index (χ2v) is 7.43. The number of nitrogens with two attached hydrogens (primary N) is 1. The number of anilines is 1. The molecule has 0 aromatic heterocycles. The maximum absolute atomic E-state index is 14.0. The number of piperidine rings is 1. The van der Waals surface area contributed by atoms with E-state index in [1.54, 1.807) is 6.07 Å². The topological polar surface area (TPSA) is 58.4 Å². The molecule has 0 unspecified atom stereocenters. The second-order valence-electron chi connectivity index (χ2n) is 7.43. The number of nitrogens with one attached hydrogen (secondary N) is 1. The zero-order valence-corrected chi connectivity index (χ0v) is 14.4. The van der Waals surface area contributed by atoms with Crippen LogP contribution in [-0.2, 0) is 4.79 Å². The number of hydrogen-bond acceptors (Lipinski definition) is 3. The normalized spacial score (nSPS) is 24.5. The Hall–Kier alpha value is -1.62. The van der Waals surface area contributed by atoms with Crippen molar-refractivity contribution in [1.82, 2.24) is 5.32 Å². The highest BCUT2D eigenvalue weighted by atomic mass is 19.1. The monoisotopic (exact) mass is 333 g/mol. The molecule has 1 amide bonds. The quantitative estimate of drug-likeness (QED) is 0.871. The maximum atomic E-state index is 14.0. The zero-order valence-electron chi connectivity index (χ0n) is 14.4. The highest BCUT2D eigenvalue weighted by Gasteiger charge is 2.30. The summed E-state index contributed by atoms with van der Waals surface area (Å²) in [5, 5.41) is 3.16. The molecule has 1 saturated carbocycles. The summed E-state index contributed by atoms with van der Waals surface area (Å²) in [6, 6.07) is 5.44. The average Bonchev–Trinajstić information content (AvgIpc) is 2.53. The number of nitrogens with zero attached hydrogens (tertiary/aromatic N) is 1. The molecule has 3 rings (SSSR count). The summed E-state index contributed by atoms with van der Waals surface area (Å²) < 4.78 is 14.0. The zero-order chi connectivity index (χ0) is 17.1. The summed E-state index contributed by atoms with van der Waals surface area (Å²) in [5.74, 6) is 1.13. The van der Waals surface area contributed by atoms with Gasteiger partial charge in [-0.3, -0.25) is 4.79 Å². The van der Waals surface area contributed by atoms with Gasteiger partial charge < -0.3 is 16.0 Å². The summed E-state index contributed by atoms with van der Waals surface area (Å²) in [6.45, 7) is 4.28. The van der Waals surface area contributed by atoms with Crippen molar-refractivity contribution in [3.05, 3.63) is 29.6 Å². The van der Waals surface area contributed by atoms with Crippen LogP contribution in [0.2, 0.25) is 0 Å². The van der Waals surface area contributed by atoms with E-state index in [4.69, 9.17) is 5.73 Å². The Morgan fingerprint density at radius 3 is 2.67 bits per heavy atom. The van der Waals surface area contributed by atoms with E-state index >= 15 is 0 Å². The van der Waals surface area contributed by atoms with Gasteiger partial charge in [0.25, 0.3) is 0 Å². The highest BCUT2D eigenvalue weighted by Crippen LogP contribution is 2.35. The van der Waals surface area contributed by atoms with Gasteiger partial charge in [0.15, 0.2) is 0 Å². The lowest BCUT2D eigenvalue weighted by atomic mass is 9.73. The second kappa shape index (κ2) is 7.51. The fourth-order valence-corrected chi connectivity index (χ4v) is 3.91. The SMILES string of the molecule is Cc1ccc(F)c(N2CCC(NC(=O)CC3CC(CN)C3)CC2)c1. The summed E-state index contributed by atoms with van der Waals surface area (Å²) in [6.07, 6.45) is 4.55. The lowest BCUT2D eigenvalue weighted by Gasteiger charge is -2.36. The predicted octanol–water partition coefficient (Wildman–Crippen LogP) is 2.59. The van der Waals surface area contributed by atoms with Crippen LogP contribution < -0.4 is 16.0 Å². The van der Waals surface area contributed by atoms with Crippen molar-refractivity contribution in [3.63, 3.8) is 0 Å². The molecule has 0 atom stereocenters. The number of halogens is 1. The van der Waals surface area contributed by atoms with Crippen LogP contribution >= 0.6 is 0 Å². The van der Waals surface area contributed by atoms with Gasteiger partial charge in [-0.1, -0.05) is 6.07 Å². The first-order valence-electron chi connectivity index (χ1n) is 9.05. The van der Waals surface area contributed by atoms with Crippen LogP contribution in [0.4, 0.5) is 10.1 Å². The summed E-state index contributed by atoms with van der Waals surface area (Å²) in [4.78, 5) is 14.2. The smallest absolute Gasteiger partial charge is 0.220 e. The van der Waals surface area contributed by atoms with Crippen molar-refractivity contribution in [2.75, 3.05) is 24.5 Å². The Bertz CT molecular complexity index is 578. The molecular weight excluding hydrogens is 305 g/mol. The van der Waals surface area contributed by atoms with Crippen molar-refractivity contribution in [3.8, 4) is 0 Å². The molecule has 2 aliphatic rings. The molecule has 1 aromatic carbocycles. The average molecular weight is 333 g/mol. The molecule has 1 heterocycles. The van der Waals surface area contributed by atoms with Crippen LogP contribution in [0.25, 0.3) is 0 Å². The van der Waals surface area contributed by atoms with Crippen LogP contribution in [-0.4, -0.2) is 31.6 Å². The third kappa shape index (κ3) is 4.07. The minimum absolute atomic E-state index is 0.163. The summed E-state index contributed by atoms with van der Waals surface area (Å²) >= 11 is 0. The van der Waals surface area contributed by atoms with E-state index in [1.807, 2.05) is 13.0 Å². The Morgan fingerprint density at radius 1 is 1.29 bits per heavy atom. The fraction of sp³-hybridized carbons (Fsp3) is 0.632. The molecule has 2 fully saturated rings. The van der Waals surface area contributed by atoms with Crippen LogP contribution in [0, 0.1) is 24.6 Å². The first kappa shape index (κ1) is 17.2. The van der Waals surface area contributed by atoms with Crippen LogP contribution in [0.15, 0.2) is 18.2 Å². The van der Waals surface area contributed by atoms with Gasteiger partial charge >= 0.3 is 0 Å². The van der Waals surface area contributed by atoms with Crippen molar-refractivity contribution in [1.29, 1.82) is 0 Å².